The quantitative estimate of drug-likeness (QED) is 0.699. The van der Waals surface area contributed by atoms with Crippen LogP contribution in [0.3, 0.4) is 0 Å². The van der Waals surface area contributed by atoms with E-state index in [1.807, 2.05) is 36.4 Å². The van der Waals surface area contributed by atoms with E-state index in [0.717, 1.165) is 22.8 Å². The zero-order valence-electron chi connectivity index (χ0n) is 12.1. The molecule has 0 aliphatic rings. The first-order valence-corrected chi connectivity index (χ1v) is 7.41. The topological polar surface area (TPSA) is 62.5 Å². The smallest absolute Gasteiger partial charge is 0.335 e. The molecule has 0 aliphatic heterocycles. The molecular weight excluding hydrogens is 314 g/mol. The van der Waals surface area contributed by atoms with Gasteiger partial charge < -0.3 is 14.8 Å². The third-order valence-corrected chi connectivity index (χ3v) is 3.64. The van der Waals surface area contributed by atoms with Crippen LogP contribution in [0.15, 0.2) is 65.1 Å². The lowest BCUT2D eigenvalue weighted by atomic mass is 10.2. The highest BCUT2D eigenvalue weighted by atomic mass is 35.5. The number of carboxylic acids is 1. The van der Waals surface area contributed by atoms with Crippen molar-refractivity contribution in [2.24, 2.45) is 0 Å². The molecule has 0 amide bonds. The minimum Gasteiger partial charge on any atom is -0.478 e. The van der Waals surface area contributed by atoms with Crippen molar-refractivity contribution in [3.8, 4) is 11.3 Å². The van der Waals surface area contributed by atoms with Crippen molar-refractivity contribution in [3.63, 3.8) is 0 Å². The van der Waals surface area contributed by atoms with E-state index in [9.17, 15) is 4.79 Å². The van der Waals surface area contributed by atoms with Gasteiger partial charge in [-0.05, 0) is 60.7 Å². The zero-order chi connectivity index (χ0) is 16.2. The van der Waals surface area contributed by atoms with Crippen LogP contribution in [0.25, 0.3) is 11.3 Å². The molecule has 0 aliphatic carbocycles. The Balaban J connectivity index is 1.65. The van der Waals surface area contributed by atoms with Crippen LogP contribution in [-0.2, 0) is 6.54 Å². The Labute approximate surface area is 138 Å². The Morgan fingerprint density at radius 2 is 1.70 bits per heavy atom. The largest absolute Gasteiger partial charge is 0.478 e. The first-order chi connectivity index (χ1) is 11.1. The first-order valence-electron chi connectivity index (χ1n) is 7.04. The Bertz CT molecular complexity index is 807. The molecule has 3 rings (SSSR count). The van der Waals surface area contributed by atoms with Gasteiger partial charge in [0, 0.05) is 16.3 Å². The molecule has 0 saturated heterocycles. The highest BCUT2D eigenvalue weighted by Gasteiger charge is 2.06. The summed E-state index contributed by atoms with van der Waals surface area (Å²) in [5.41, 5.74) is 2.06. The average Bonchev–Trinajstić information content (AvgIpc) is 3.03. The molecule has 2 N–H and O–H groups in total. The molecule has 0 radical (unpaired) electrons. The van der Waals surface area contributed by atoms with Gasteiger partial charge in [-0.25, -0.2) is 4.79 Å². The fourth-order valence-electron chi connectivity index (χ4n) is 2.16. The third kappa shape index (κ3) is 3.73. The Hall–Kier alpha value is -2.72. The van der Waals surface area contributed by atoms with E-state index in [4.69, 9.17) is 21.1 Å². The van der Waals surface area contributed by atoms with Gasteiger partial charge in [0.25, 0.3) is 0 Å². The van der Waals surface area contributed by atoms with Crippen molar-refractivity contribution in [1.29, 1.82) is 0 Å². The molecule has 5 heteroatoms. The van der Waals surface area contributed by atoms with Crippen molar-refractivity contribution < 1.29 is 14.3 Å². The van der Waals surface area contributed by atoms with Gasteiger partial charge >= 0.3 is 5.97 Å². The van der Waals surface area contributed by atoms with Crippen LogP contribution in [0.1, 0.15) is 16.1 Å². The summed E-state index contributed by atoms with van der Waals surface area (Å²) in [5.74, 6) is 0.632. The molecule has 2 aromatic carbocycles. The molecule has 0 saturated carbocycles. The second kappa shape index (κ2) is 6.58. The number of hydrogen-bond acceptors (Lipinski definition) is 3. The van der Waals surface area contributed by atoms with Gasteiger partial charge in [-0.15, -0.1) is 0 Å². The molecule has 0 unspecified atom stereocenters. The van der Waals surface area contributed by atoms with E-state index in [0.29, 0.717) is 11.6 Å². The lowest BCUT2D eigenvalue weighted by Gasteiger charge is -2.05. The summed E-state index contributed by atoms with van der Waals surface area (Å²) >= 11 is 5.88. The van der Waals surface area contributed by atoms with E-state index in [2.05, 4.69) is 5.32 Å². The van der Waals surface area contributed by atoms with Crippen LogP contribution in [0, 0.1) is 0 Å². The van der Waals surface area contributed by atoms with Crippen molar-refractivity contribution in [2.75, 3.05) is 5.32 Å². The zero-order valence-corrected chi connectivity index (χ0v) is 12.9. The summed E-state index contributed by atoms with van der Waals surface area (Å²) < 4.78 is 5.79. The molecule has 116 valence electrons. The van der Waals surface area contributed by atoms with Crippen LogP contribution in [0.2, 0.25) is 5.02 Å². The van der Waals surface area contributed by atoms with Gasteiger partial charge in [-0.3, -0.25) is 0 Å². The lowest BCUT2D eigenvalue weighted by Crippen LogP contribution is -2.00. The summed E-state index contributed by atoms with van der Waals surface area (Å²) in [6, 6.07) is 17.8. The molecule has 0 bridgehead atoms. The Morgan fingerprint density at radius 3 is 2.35 bits per heavy atom. The summed E-state index contributed by atoms with van der Waals surface area (Å²) in [6.45, 7) is 0.514. The second-order valence-electron chi connectivity index (χ2n) is 5.01. The van der Waals surface area contributed by atoms with Crippen molar-refractivity contribution in [1.82, 2.24) is 0 Å². The molecule has 3 aromatic rings. The molecule has 23 heavy (non-hydrogen) atoms. The number of furan rings is 1. The molecule has 1 aromatic heterocycles. The van der Waals surface area contributed by atoms with Crippen molar-refractivity contribution >= 4 is 23.3 Å². The van der Waals surface area contributed by atoms with Gasteiger partial charge in [0.2, 0.25) is 0 Å². The fraction of sp³-hybridized carbons (Fsp3) is 0.0556. The summed E-state index contributed by atoms with van der Waals surface area (Å²) in [7, 11) is 0. The van der Waals surface area contributed by atoms with Crippen LogP contribution < -0.4 is 5.32 Å². The average molecular weight is 328 g/mol. The monoisotopic (exact) mass is 327 g/mol. The first kappa shape index (κ1) is 15.2. The lowest BCUT2D eigenvalue weighted by molar-refractivity contribution is 0.0697. The fourth-order valence-corrected chi connectivity index (χ4v) is 2.29. The molecule has 0 atom stereocenters. The number of rotatable bonds is 5. The van der Waals surface area contributed by atoms with Crippen molar-refractivity contribution in [3.05, 3.63) is 77.0 Å². The summed E-state index contributed by atoms with van der Waals surface area (Å²) in [4.78, 5) is 10.8. The van der Waals surface area contributed by atoms with Gasteiger partial charge in [0.05, 0.1) is 12.1 Å². The van der Waals surface area contributed by atoms with Gasteiger partial charge in [-0.2, -0.15) is 0 Å². The molecule has 4 nitrogen and oxygen atoms in total. The second-order valence-corrected chi connectivity index (χ2v) is 5.45. The Kier molecular flexibility index (Phi) is 4.35. The number of nitrogens with one attached hydrogen (secondary N) is 1. The molecule has 0 spiro atoms. The van der Waals surface area contributed by atoms with Crippen LogP contribution >= 0.6 is 11.6 Å². The van der Waals surface area contributed by atoms with Crippen LogP contribution in [0.5, 0.6) is 0 Å². The maximum absolute atomic E-state index is 10.8. The van der Waals surface area contributed by atoms with E-state index in [1.165, 1.54) is 0 Å². The predicted molar refractivity (Wildman–Crippen MR) is 89.9 cm³/mol. The number of carbonyl (C=O) groups is 1. The van der Waals surface area contributed by atoms with E-state index in [1.54, 1.807) is 24.3 Å². The molecular formula is C18H14ClNO3. The maximum Gasteiger partial charge on any atom is 0.335 e. The predicted octanol–water partition coefficient (Wildman–Crippen LogP) is 4.91. The third-order valence-electron chi connectivity index (χ3n) is 3.39. The van der Waals surface area contributed by atoms with Crippen LogP contribution in [-0.4, -0.2) is 11.1 Å². The van der Waals surface area contributed by atoms with E-state index >= 15 is 0 Å². The number of halogens is 1. The van der Waals surface area contributed by atoms with Gasteiger partial charge in [-0.1, -0.05) is 11.6 Å². The number of carboxylic acid groups (broad SMARTS) is 1. The van der Waals surface area contributed by atoms with E-state index < -0.39 is 5.97 Å². The summed E-state index contributed by atoms with van der Waals surface area (Å²) in [6.07, 6.45) is 0. The minimum absolute atomic E-state index is 0.263. The number of anilines is 1. The normalized spacial score (nSPS) is 10.5. The van der Waals surface area contributed by atoms with Crippen molar-refractivity contribution in [2.45, 2.75) is 6.54 Å². The maximum atomic E-state index is 10.8. The van der Waals surface area contributed by atoms with E-state index in [-0.39, 0.29) is 5.56 Å². The molecule has 0 fully saturated rings. The highest BCUT2D eigenvalue weighted by molar-refractivity contribution is 6.30. The SMILES string of the molecule is O=C(O)c1ccc(NCc2ccc(-c3ccc(Cl)cc3)o2)cc1. The molecule has 1 heterocycles. The van der Waals surface area contributed by atoms with Crippen LogP contribution in [0.4, 0.5) is 5.69 Å². The van der Waals surface area contributed by atoms with Gasteiger partial charge in [0.1, 0.15) is 11.5 Å². The number of hydrogen-bond donors (Lipinski definition) is 2. The summed E-state index contributed by atoms with van der Waals surface area (Å²) in [5, 5.41) is 12.7. The Morgan fingerprint density at radius 1 is 1.00 bits per heavy atom. The number of aromatic carboxylic acids is 1. The van der Waals surface area contributed by atoms with Gasteiger partial charge in [0.15, 0.2) is 0 Å². The highest BCUT2D eigenvalue weighted by Crippen LogP contribution is 2.24. The number of benzene rings is 2. The minimum atomic E-state index is -0.935. The standard InChI is InChI=1S/C18H14ClNO3/c19-14-5-1-12(2-6-14)17-10-9-16(23-17)11-20-15-7-3-13(4-8-15)18(21)22/h1-10,20H,11H2,(H,21,22).